The summed E-state index contributed by atoms with van der Waals surface area (Å²) in [5.41, 5.74) is 2.74. The van der Waals surface area contributed by atoms with Crippen LogP contribution in [0.5, 0.6) is 0 Å². The van der Waals surface area contributed by atoms with Crippen LogP contribution in [0.4, 0.5) is 24.7 Å². The van der Waals surface area contributed by atoms with E-state index in [9.17, 15) is 13.2 Å². The molecule has 0 atom stereocenters. The molecule has 1 aromatic carbocycles. The molecule has 1 N–H and O–H groups in total. The highest BCUT2D eigenvalue weighted by atomic mass is 19.4. The maximum atomic E-state index is 12.7. The number of H-pyrrole nitrogens is 1. The molecule has 0 amide bonds. The van der Waals surface area contributed by atoms with E-state index in [1.807, 2.05) is 17.0 Å². The maximum absolute atomic E-state index is 12.7. The van der Waals surface area contributed by atoms with Gasteiger partial charge in [-0.3, -0.25) is 0 Å². The van der Waals surface area contributed by atoms with Crippen LogP contribution in [0, 0.1) is 6.92 Å². The molecule has 0 bridgehead atoms. The maximum Gasteiger partial charge on any atom is 0.417 e. The minimum atomic E-state index is -4.35. The van der Waals surface area contributed by atoms with Crippen molar-refractivity contribution in [2.75, 3.05) is 36.0 Å². The van der Waals surface area contributed by atoms with Gasteiger partial charge in [0, 0.05) is 49.0 Å². The minimum Gasteiger partial charge on any atom is -0.366 e. The number of anilines is 2. The highest BCUT2D eigenvalue weighted by Crippen LogP contribution is 2.32. The quantitative estimate of drug-likeness (QED) is 0.743. The van der Waals surface area contributed by atoms with E-state index in [2.05, 4.69) is 33.9 Å². The number of nitrogens with one attached hydrogen (secondary N) is 1. The average Bonchev–Trinajstić information content (AvgIpc) is 2.97. The molecule has 3 aromatic rings. The summed E-state index contributed by atoms with van der Waals surface area (Å²) in [5.74, 6) is 0.591. The zero-order chi connectivity index (χ0) is 18.3. The molecule has 0 unspecified atom stereocenters. The number of fused-ring (bicyclic) bond motifs is 1. The second-order valence-corrected chi connectivity index (χ2v) is 6.52. The summed E-state index contributed by atoms with van der Waals surface area (Å²) in [4.78, 5) is 11.8. The summed E-state index contributed by atoms with van der Waals surface area (Å²) < 4.78 is 38.0. The van der Waals surface area contributed by atoms with Gasteiger partial charge in [-0.2, -0.15) is 13.2 Å². The Labute approximate surface area is 149 Å². The summed E-state index contributed by atoms with van der Waals surface area (Å²) in [6.07, 6.45) is -3.44. The Hall–Kier alpha value is -2.70. The largest absolute Gasteiger partial charge is 0.417 e. The normalized spacial score (nSPS) is 15.7. The summed E-state index contributed by atoms with van der Waals surface area (Å²) in [6.45, 7) is 5.10. The summed E-state index contributed by atoms with van der Waals surface area (Å²) in [7, 11) is 0. The lowest BCUT2D eigenvalue weighted by Gasteiger charge is -2.37. The molecule has 0 saturated carbocycles. The molecule has 136 valence electrons. The summed E-state index contributed by atoms with van der Waals surface area (Å²) in [6, 6.07) is 10.8. The number of aromatic amines is 1. The van der Waals surface area contributed by atoms with Gasteiger partial charge in [0.1, 0.15) is 5.82 Å². The van der Waals surface area contributed by atoms with Gasteiger partial charge in [0.05, 0.1) is 11.3 Å². The van der Waals surface area contributed by atoms with Crippen molar-refractivity contribution < 1.29 is 13.2 Å². The van der Waals surface area contributed by atoms with Crippen LogP contribution in [0.3, 0.4) is 0 Å². The second-order valence-electron chi connectivity index (χ2n) is 6.52. The van der Waals surface area contributed by atoms with E-state index < -0.39 is 11.7 Å². The number of alkyl halides is 3. The van der Waals surface area contributed by atoms with Crippen LogP contribution in [0.15, 0.2) is 42.6 Å². The smallest absolute Gasteiger partial charge is 0.366 e. The number of hydrogen-bond acceptors (Lipinski definition) is 3. The van der Waals surface area contributed by atoms with E-state index in [1.54, 1.807) is 0 Å². The first-order chi connectivity index (χ1) is 12.4. The number of nitrogens with zero attached hydrogens (tertiary/aromatic N) is 3. The van der Waals surface area contributed by atoms with Crippen LogP contribution in [-0.4, -0.2) is 36.1 Å². The second kappa shape index (κ2) is 6.23. The number of pyridine rings is 1. The van der Waals surface area contributed by atoms with E-state index in [-0.39, 0.29) is 0 Å². The van der Waals surface area contributed by atoms with Crippen LogP contribution in [0.2, 0.25) is 0 Å². The first-order valence-corrected chi connectivity index (χ1v) is 8.54. The van der Waals surface area contributed by atoms with Crippen LogP contribution in [-0.2, 0) is 6.18 Å². The Morgan fingerprint density at radius 1 is 0.962 bits per heavy atom. The third-order valence-electron chi connectivity index (χ3n) is 4.85. The van der Waals surface area contributed by atoms with Crippen molar-refractivity contribution in [1.82, 2.24) is 9.97 Å². The first-order valence-electron chi connectivity index (χ1n) is 8.54. The lowest BCUT2D eigenvalue weighted by Crippen LogP contribution is -2.47. The van der Waals surface area contributed by atoms with Gasteiger partial charge < -0.3 is 14.8 Å². The number of benzene rings is 1. The van der Waals surface area contributed by atoms with Crippen molar-refractivity contribution >= 4 is 22.4 Å². The molecular formula is C19H19F3N4. The van der Waals surface area contributed by atoms with E-state index >= 15 is 0 Å². The molecule has 1 saturated heterocycles. The van der Waals surface area contributed by atoms with E-state index in [0.717, 1.165) is 49.7 Å². The third kappa shape index (κ3) is 2.98. The Morgan fingerprint density at radius 2 is 1.65 bits per heavy atom. The van der Waals surface area contributed by atoms with Crippen molar-refractivity contribution in [3.8, 4) is 0 Å². The van der Waals surface area contributed by atoms with E-state index in [1.165, 1.54) is 17.1 Å². The van der Waals surface area contributed by atoms with Crippen LogP contribution >= 0.6 is 0 Å². The molecule has 3 heterocycles. The Bertz CT molecular complexity index is 907. The predicted octanol–water partition coefficient (Wildman–Crippen LogP) is 4.22. The fourth-order valence-electron chi connectivity index (χ4n) is 3.57. The van der Waals surface area contributed by atoms with Crippen molar-refractivity contribution in [1.29, 1.82) is 0 Å². The van der Waals surface area contributed by atoms with Gasteiger partial charge in [-0.05, 0) is 25.1 Å². The number of rotatable bonds is 2. The van der Waals surface area contributed by atoms with Gasteiger partial charge in [-0.1, -0.05) is 18.2 Å². The molecule has 1 aliphatic rings. The number of aromatic nitrogens is 2. The van der Waals surface area contributed by atoms with Gasteiger partial charge >= 0.3 is 6.18 Å². The molecule has 7 heteroatoms. The van der Waals surface area contributed by atoms with Crippen molar-refractivity contribution in [2.45, 2.75) is 13.1 Å². The van der Waals surface area contributed by atoms with Gasteiger partial charge in [0.15, 0.2) is 0 Å². The fraction of sp³-hybridized carbons (Fsp3) is 0.316. The van der Waals surface area contributed by atoms with E-state index in [0.29, 0.717) is 5.82 Å². The van der Waals surface area contributed by atoms with Crippen molar-refractivity contribution in [3.63, 3.8) is 0 Å². The molecule has 4 nitrogen and oxygen atoms in total. The van der Waals surface area contributed by atoms with Crippen molar-refractivity contribution in [2.24, 2.45) is 0 Å². The number of hydrogen-bond donors (Lipinski definition) is 1. The molecule has 1 fully saturated rings. The van der Waals surface area contributed by atoms with E-state index in [4.69, 9.17) is 0 Å². The van der Waals surface area contributed by atoms with Crippen molar-refractivity contribution in [3.05, 3.63) is 53.9 Å². The predicted molar refractivity (Wildman–Crippen MR) is 96.7 cm³/mol. The zero-order valence-electron chi connectivity index (χ0n) is 14.3. The Kier molecular flexibility index (Phi) is 4.01. The lowest BCUT2D eigenvalue weighted by molar-refractivity contribution is -0.137. The highest BCUT2D eigenvalue weighted by Gasteiger charge is 2.31. The van der Waals surface area contributed by atoms with Gasteiger partial charge in [-0.25, -0.2) is 4.98 Å². The zero-order valence-corrected chi connectivity index (χ0v) is 14.3. The number of para-hydroxylation sites is 1. The molecule has 26 heavy (non-hydrogen) atoms. The number of halogens is 3. The molecule has 4 rings (SSSR count). The molecule has 0 aliphatic carbocycles. The molecule has 2 aromatic heterocycles. The summed E-state index contributed by atoms with van der Waals surface area (Å²) in [5, 5.41) is 1.20. The minimum absolute atomic E-state index is 0.591. The standard InChI is InChI=1S/C19H19F3N4/c1-13-18(15-4-2-3-5-16(15)24-13)26-10-8-25(9-11-26)17-7-6-14(12-23-17)19(20,21)22/h2-7,12,24H,8-11H2,1H3. The monoisotopic (exact) mass is 360 g/mol. The number of aryl methyl sites for hydroxylation is 1. The molecular weight excluding hydrogens is 341 g/mol. The van der Waals surface area contributed by atoms with Gasteiger partial charge in [-0.15, -0.1) is 0 Å². The third-order valence-corrected chi connectivity index (χ3v) is 4.85. The van der Waals surface area contributed by atoms with Gasteiger partial charge in [0.25, 0.3) is 0 Å². The van der Waals surface area contributed by atoms with Crippen LogP contribution < -0.4 is 9.80 Å². The van der Waals surface area contributed by atoms with Crippen LogP contribution in [0.1, 0.15) is 11.3 Å². The topological polar surface area (TPSA) is 35.2 Å². The first kappa shape index (κ1) is 16.8. The Balaban J connectivity index is 1.49. The SMILES string of the molecule is Cc1[nH]c2ccccc2c1N1CCN(c2ccc(C(F)(F)F)cn2)CC1. The van der Waals surface area contributed by atoms with Crippen LogP contribution in [0.25, 0.3) is 10.9 Å². The molecule has 1 aliphatic heterocycles. The molecule has 0 spiro atoms. The number of piperazine rings is 1. The summed E-state index contributed by atoms with van der Waals surface area (Å²) >= 11 is 0. The lowest BCUT2D eigenvalue weighted by atomic mass is 10.2. The molecule has 0 radical (unpaired) electrons. The highest BCUT2D eigenvalue weighted by molar-refractivity contribution is 5.94. The Morgan fingerprint density at radius 3 is 2.31 bits per heavy atom. The fourth-order valence-corrected chi connectivity index (χ4v) is 3.57. The average molecular weight is 360 g/mol. The van der Waals surface area contributed by atoms with Gasteiger partial charge in [0.2, 0.25) is 0 Å².